The predicted octanol–water partition coefficient (Wildman–Crippen LogP) is 3.60. The molecule has 1 aliphatic rings. The molecular weight excluding hydrogens is 406 g/mol. The predicted molar refractivity (Wildman–Crippen MR) is 112 cm³/mol. The van der Waals surface area contributed by atoms with Crippen LogP contribution in [0, 0.1) is 0 Å². The number of anilines is 1. The smallest absolute Gasteiger partial charge is 0.265 e. The van der Waals surface area contributed by atoms with Crippen molar-refractivity contribution in [2.45, 2.75) is 19.6 Å². The maximum Gasteiger partial charge on any atom is 0.265 e. The molecule has 0 aromatic heterocycles. The van der Waals surface area contributed by atoms with Gasteiger partial charge in [-0.15, -0.1) is 0 Å². The Hall–Kier alpha value is -1.89. The van der Waals surface area contributed by atoms with Crippen LogP contribution in [0.25, 0.3) is 0 Å². The molecule has 0 aliphatic carbocycles. The molecule has 0 radical (unpaired) electrons. The van der Waals surface area contributed by atoms with E-state index in [2.05, 4.69) is 50.2 Å². The third-order valence-corrected chi connectivity index (χ3v) is 5.25. The average Bonchev–Trinajstić information content (AvgIpc) is 2.67. The number of likely N-dealkylation sites (N-methyl/N-ethyl adjacent to an activating group) is 1. The second kappa shape index (κ2) is 9.35. The third kappa shape index (κ3) is 6.06. The van der Waals surface area contributed by atoms with Gasteiger partial charge in [0.2, 0.25) is 0 Å². The van der Waals surface area contributed by atoms with Crippen LogP contribution in [0.15, 0.2) is 53.0 Å². The molecular formula is C21H26BrN3O2. The van der Waals surface area contributed by atoms with Crippen molar-refractivity contribution < 1.29 is 9.53 Å². The van der Waals surface area contributed by atoms with E-state index in [1.54, 1.807) is 6.92 Å². The van der Waals surface area contributed by atoms with E-state index < -0.39 is 6.10 Å². The lowest BCUT2D eigenvalue weighted by Gasteiger charge is -2.32. The van der Waals surface area contributed by atoms with Gasteiger partial charge in [-0.2, -0.15) is 0 Å². The fraction of sp³-hybridized carbons (Fsp3) is 0.381. The van der Waals surface area contributed by atoms with Gasteiger partial charge in [0.25, 0.3) is 5.91 Å². The lowest BCUT2D eigenvalue weighted by molar-refractivity contribution is -0.122. The summed E-state index contributed by atoms with van der Waals surface area (Å²) in [7, 11) is 2.16. The van der Waals surface area contributed by atoms with E-state index in [0.717, 1.165) is 42.9 Å². The van der Waals surface area contributed by atoms with Crippen molar-refractivity contribution in [1.82, 2.24) is 9.80 Å². The number of halogens is 1. The third-order valence-electron chi connectivity index (χ3n) is 4.72. The van der Waals surface area contributed by atoms with E-state index in [-0.39, 0.29) is 5.91 Å². The van der Waals surface area contributed by atoms with Crippen LogP contribution in [-0.2, 0) is 11.3 Å². The van der Waals surface area contributed by atoms with Gasteiger partial charge in [-0.05, 0) is 55.9 Å². The molecule has 1 saturated heterocycles. The van der Waals surface area contributed by atoms with Gasteiger partial charge in [0.15, 0.2) is 6.10 Å². The number of nitrogens with one attached hydrogen (secondary N) is 1. The zero-order valence-electron chi connectivity index (χ0n) is 15.8. The Morgan fingerprint density at radius 3 is 2.33 bits per heavy atom. The molecule has 1 unspecified atom stereocenters. The summed E-state index contributed by atoms with van der Waals surface area (Å²) in [6.07, 6.45) is -0.573. The van der Waals surface area contributed by atoms with E-state index in [1.165, 1.54) is 5.56 Å². The molecule has 5 nitrogen and oxygen atoms in total. The maximum atomic E-state index is 12.4. The van der Waals surface area contributed by atoms with E-state index in [4.69, 9.17) is 4.74 Å². The molecule has 0 saturated carbocycles. The number of rotatable bonds is 6. The van der Waals surface area contributed by atoms with Gasteiger partial charge < -0.3 is 15.0 Å². The molecule has 27 heavy (non-hydrogen) atoms. The summed E-state index contributed by atoms with van der Waals surface area (Å²) in [5, 5.41) is 2.92. The Morgan fingerprint density at radius 2 is 1.70 bits per heavy atom. The topological polar surface area (TPSA) is 44.8 Å². The Kier molecular flexibility index (Phi) is 6.88. The largest absolute Gasteiger partial charge is 0.481 e. The van der Waals surface area contributed by atoms with Gasteiger partial charge >= 0.3 is 0 Å². The molecule has 6 heteroatoms. The molecule has 0 bridgehead atoms. The molecule has 1 aliphatic heterocycles. The second-order valence-corrected chi connectivity index (χ2v) is 7.90. The van der Waals surface area contributed by atoms with E-state index in [1.807, 2.05) is 36.4 Å². The molecule has 1 fully saturated rings. The first-order valence-corrected chi connectivity index (χ1v) is 10.0. The fourth-order valence-electron chi connectivity index (χ4n) is 2.97. The van der Waals surface area contributed by atoms with Crippen molar-refractivity contribution in [3.63, 3.8) is 0 Å². The number of nitrogens with zero attached hydrogens (tertiary/aromatic N) is 2. The summed E-state index contributed by atoms with van der Waals surface area (Å²) >= 11 is 3.38. The van der Waals surface area contributed by atoms with Crippen LogP contribution in [0.2, 0.25) is 0 Å². The Bertz CT molecular complexity index is 741. The maximum absolute atomic E-state index is 12.4. The van der Waals surface area contributed by atoms with Crippen molar-refractivity contribution in [1.29, 1.82) is 0 Å². The summed E-state index contributed by atoms with van der Waals surface area (Å²) in [5.41, 5.74) is 2.05. The summed E-state index contributed by atoms with van der Waals surface area (Å²) in [5.74, 6) is 0.508. The van der Waals surface area contributed by atoms with Crippen molar-refractivity contribution in [2.24, 2.45) is 0 Å². The minimum Gasteiger partial charge on any atom is -0.481 e. The van der Waals surface area contributed by atoms with Crippen molar-refractivity contribution in [2.75, 3.05) is 38.5 Å². The zero-order valence-corrected chi connectivity index (χ0v) is 17.4. The Balaban J connectivity index is 1.49. The Labute approximate surface area is 169 Å². The number of carbonyl (C=O) groups is 1. The van der Waals surface area contributed by atoms with E-state index in [0.29, 0.717) is 5.75 Å². The minimum absolute atomic E-state index is 0.162. The number of hydrogen-bond donors (Lipinski definition) is 1. The van der Waals surface area contributed by atoms with Gasteiger partial charge in [0.1, 0.15) is 5.75 Å². The van der Waals surface area contributed by atoms with E-state index >= 15 is 0 Å². The molecule has 144 valence electrons. The van der Waals surface area contributed by atoms with Gasteiger partial charge in [0, 0.05) is 42.9 Å². The molecule has 1 amide bonds. The quantitative estimate of drug-likeness (QED) is 0.758. The highest BCUT2D eigenvalue weighted by molar-refractivity contribution is 9.10. The van der Waals surface area contributed by atoms with Crippen LogP contribution in [0.3, 0.4) is 0 Å². The van der Waals surface area contributed by atoms with Crippen LogP contribution >= 0.6 is 15.9 Å². The standard InChI is InChI=1S/C21H26BrN3O2/c1-16(27-20-9-5-18(22)6-10-20)21(26)23-19-7-3-17(4-8-19)15-25-13-11-24(2)12-14-25/h3-10,16H,11-15H2,1-2H3,(H,23,26). The number of hydrogen-bond acceptors (Lipinski definition) is 4. The highest BCUT2D eigenvalue weighted by Gasteiger charge is 2.16. The second-order valence-electron chi connectivity index (χ2n) is 6.98. The summed E-state index contributed by atoms with van der Waals surface area (Å²) in [4.78, 5) is 17.2. The molecule has 1 heterocycles. The SMILES string of the molecule is CC(Oc1ccc(Br)cc1)C(=O)Nc1ccc(CN2CCN(C)CC2)cc1. The van der Waals surface area contributed by atoms with E-state index in [9.17, 15) is 4.79 Å². The lowest BCUT2D eigenvalue weighted by Crippen LogP contribution is -2.43. The highest BCUT2D eigenvalue weighted by Crippen LogP contribution is 2.18. The number of ether oxygens (including phenoxy) is 1. The molecule has 2 aromatic carbocycles. The number of amides is 1. The van der Waals surface area contributed by atoms with Crippen molar-refractivity contribution in [3.8, 4) is 5.75 Å². The lowest BCUT2D eigenvalue weighted by atomic mass is 10.1. The summed E-state index contributed by atoms with van der Waals surface area (Å²) in [6.45, 7) is 7.12. The molecule has 1 atom stereocenters. The van der Waals surface area contributed by atoms with Crippen molar-refractivity contribution >= 4 is 27.5 Å². The molecule has 2 aromatic rings. The monoisotopic (exact) mass is 431 g/mol. The normalized spacial score (nSPS) is 16.7. The first-order valence-electron chi connectivity index (χ1n) is 9.22. The molecule has 1 N–H and O–H groups in total. The van der Waals surface area contributed by atoms with Gasteiger partial charge in [0.05, 0.1) is 0 Å². The summed E-state index contributed by atoms with van der Waals surface area (Å²) in [6, 6.07) is 15.5. The van der Waals surface area contributed by atoms with Crippen LogP contribution < -0.4 is 10.1 Å². The first-order chi connectivity index (χ1) is 13.0. The van der Waals surface area contributed by atoms with Crippen LogP contribution in [-0.4, -0.2) is 55.0 Å². The Morgan fingerprint density at radius 1 is 1.07 bits per heavy atom. The van der Waals surface area contributed by atoms with Crippen molar-refractivity contribution in [3.05, 3.63) is 58.6 Å². The van der Waals surface area contributed by atoms with Gasteiger partial charge in [-0.1, -0.05) is 28.1 Å². The number of piperazine rings is 1. The zero-order chi connectivity index (χ0) is 19.2. The van der Waals surface area contributed by atoms with Gasteiger partial charge in [-0.25, -0.2) is 0 Å². The summed E-state index contributed by atoms with van der Waals surface area (Å²) < 4.78 is 6.67. The minimum atomic E-state index is -0.573. The molecule has 0 spiro atoms. The first kappa shape index (κ1) is 19.9. The fourth-order valence-corrected chi connectivity index (χ4v) is 3.24. The highest BCUT2D eigenvalue weighted by atomic mass is 79.9. The van der Waals surface area contributed by atoms with Gasteiger partial charge in [-0.3, -0.25) is 9.69 Å². The average molecular weight is 432 g/mol. The number of benzene rings is 2. The van der Waals surface area contributed by atoms with Crippen LogP contribution in [0.1, 0.15) is 12.5 Å². The van der Waals surface area contributed by atoms with Crippen LogP contribution in [0.4, 0.5) is 5.69 Å². The van der Waals surface area contributed by atoms with Crippen LogP contribution in [0.5, 0.6) is 5.75 Å². The number of carbonyl (C=O) groups excluding carboxylic acids is 1. The molecule has 3 rings (SSSR count).